The van der Waals surface area contributed by atoms with Gasteiger partial charge in [-0.05, 0) is 19.8 Å². The Kier molecular flexibility index (Phi) is 4.78. The topological polar surface area (TPSA) is 61.4 Å². The molecule has 2 fully saturated rings. The van der Waals surface area contributed by atoms with Crippen LogP contribution in [0.5, 0.6) is 0 Å². The molecule has 0 radical (unpaired) electrons. The molecular weight excluding hydrogens is 302 g/mol. The van der Waals surface area contributed by atoms with E-state index in [1.165, 1.54) is 12.8 Å². The van der Waals surface area contributed by atoms with E-state index in [0.29, 0.717) is 24.2 Å². The Hall–Kier alpha value is -1.40. The summed E-state index contributed by atoms with van der Waals surface area (Å²) in [5.74, 6) is 2.39. The molecule has 1 aliphatic heterocycles. The largest absolute Gasteiger partial charge is 0.355 e. The van der Waals surface area contributed by atoms with Gasteiger partial charge in [0.2, 0.25) is 5.91 Å². The molecule has 120 valence electrons. The summed E-state index contributed by atoms with van der Waals surface area (Å²) in [4.78, 5) is 25.0. The lowest BCUT2D eigenvalue weighted by Gasteiger charge is -2.35. The fraction of sp³-hybridized carbons (Fsp3) is 0.667. The molecule has 2 heterocycles. The Bertz CT molecular complexity index is 541. The maximum Gasteiger partial charge on any atom is 0.234 e. The molecule has 0 atom stereocenters. The van der Waals surface area contributed by atoms with E-state index in [-0.39, 0.29) is 5.91 Å². The standard InChI is InChI=1S/C15H22ClN5O/c1-2-17-14(22)10-20-5-7-21(8-6-20)13-9-12(16)18-15(19-13)11-3-4-11/h9,11H,2-8,10H2,1H3,(H,17,22). The zero-order valence-electron chi connectivity index (χ0n) is 12.9. The minimum absolute atomic E-state index is 0.0945. The zero-order chi connectivity index (χ0) is 15.5. The number of rotatable bonds is 5. The van der Waals surface area contributed by atoms with Gasteiger partial charge in [-0.1, -0.05) is 11.6 Å². The van der Waals surface area contributed by atoms with Crippen LogP contribution in [0.4, 0.5) is 5.82 Å². The van der Waals surface area contributed by atoms with Crippen LogP contribution in [0.1, 0.15) is 31.5 Å². The Labute approximate surface area is 135 Å². The third kappa shape index (κ3) is 3.87. The molecule has 2 aliphatic rings. The predicted molar refractivity (Wildman–Crippen MR) is 86.4 cm³/mol. The van der Waals surface area contributed by atoms with Crippen LogP contribution in [-0.2, 0) is 4.79 Å². The highest BCUT2D eigenvalue weighted by Gasteiger charge is 2.28. The van der Waals surface area contributed by atoms with Gasteiger partial charge in [-0.3, -0.25) is 9.69 Å². The lowest BCUT2D eigenvalue weighted by atomic mass is 10.3. The van der Waals surface area contributed by atoms with Gasteiger partial charge < -0.3 is 10.2 Å². The lowest BCUT2D eigenvalue weighted by molar-refractivity contribution is -0.122. The number of nitrogens with zero attached hydrogens (tertiary/aromatic N) is 4. The maximum atomic E-state index is 11.6. The van der Waals surface area contributed by atoms with Gasteiger partial charge in [-0.2, -0.15) is 0 Å². The minimum atomic E-state index is 0.0945. The molecule has 3 rings (SSSR count). The number of carbonyl (C=O) groups is 1. The molecule has 1 aromatic rings. The first kappa shape index (κ1) is 15.5. The van der Waals surface area contributed by atoms with Crippen molar-refractivity contribution in [2.75, 3.05) is 44.2 Å². The Morgan fingerprint density at radius 2 is 2.05 bits per heavy atom. The predicted octanol–water partition coefficient (Wildman–Crippen LogP) is 1.27. The molecule has 0 aromatic carbocycles. The van der Waals surface area contributed by atoms with Gasteiger partial charge in [0.15, 0.2) is 0 Å². The number of carbonyl (C=O) groups excluding carboxylic acids is 1. The first-order chi connectivity index (χ1) is 10.7. The molecule has 1 aromatic heterocycles. The first-order valence-corrected chi connectivity index (χ1v) is 8.32. The Morgan fingerprint density at radius 1 is 1.32 bits per heavy atom. The van der Waals surface area contributed by atoms with E-state index in [4.69, 9.17) is 11.6 Å². The number of amides is 1. The normalized spacial score (nSPS) is 19.3. The van der Waals surface area contributed by atoms with Gasteiger partial charge >= 0.3 is 0 Å². The number of hydrogen-bond donors (Lipinski definition) is 1. The van der Waals surface area contributed by atoms with E-state index in [1.54, 1.807) is 0 Å². The van der Waals surface area contributed by atoms with Crippen molar-refractivity contribution in [2.24, 2.45) is 0 Å². The molecule has 22 heavy (non-hydrogen) atoms. The first-order valence-electron chi connectivity index (χ1n) is 7.94. The van der Waals surface area contributed by atoms with Crippen molar-refractivity contribution in [1.82, 2.24) is 20.2 Å². The Morgan fingerprint density at radius 3 is 2.68 bits per heavy atom. The van der Waals surface area contributed by atoms with E-state index < -0.39 is 0 Å². The number of likely N-dealkylation sites (N-methyl/N-ethyl adjacent to an activating group) is 1. The van der Waals surface area contributed by atoms with Gasteiger partial charge in [0.25, 0.3) is 0 Å². The van der Waals surface area contributed by atoms with Crippen LogP contribution in [0.25, 0.3) is 0 Å². The summed E-state index contributed by atoms with van der Waals surface area (Å²) in [5, 5.41) is 3.36. The summed E-state index contributed by atoms with van der Waals surface area (Å²) in [7, 11) is 0. The van der Waals surface area contributed by atoms with Crippen LogP contribution < -0.4 is 10.2 Å². The summed E-state index contributed by atoms with van der Waals surface area (Å²) >= 11 is 6.13. The molecule has 0 bridgehead atoms. The molecule has 1 amide bonds. The molecule has 1 saturated carbocycles. The van der Waals surface area contributed by atoms with E-state index in [1.807, 2.05) is 13.0 Å². The summed E-state index contributed by atoms with van der Waals surface area (Å²) in [6.07, 6.45) is 2.33. The highest BCUT2D eigenvalue weighted by atomic mass is 35.5. The van der Waals surface area contributed by atoms with Crippen molar-refractivity contribution < 1.29 is 4.79 Å². The van der Waals surface area contributed by atoms with Gasteiger partial charge in [-0.15, -0.1) is 0 Å². The smallest absolute Gasteiger partial charge is 0.234 e. The monoisotopic (exact) mass is 323 g/mol. The quantitative estimate of drug-likeness (QED) is 0.827. The summed E-state index contributed by atoms with van der Waals surface area (Å²) in [6.45, 7) is 6.52. The fourth-order valence-electron chi connectivity index (χ4n) is 2.70. The second-order valence-electron chi connectivity index (χ2n) is 5.90. The molecule has 1 aliphatic carbocycles. The van der Waals surface area contributed by atoms with Crippen molar-refractivity contribution in [3.63, 3.8) is 0 Å². The van der Waals surface area contributed by atoms with Crippen LogP contribution in [0.2, 0.25) is 5.15 Å². The van der Waals surface area contributed by atoms with Crippen molar-refractivity contribution in [3.8, 4) is 0 Å². The van der Waals surface area contributed by atoms with E-state index in [9.17, 15) is 4.79 Å². The van der Waals surface area contributed by atoms with Crippen LogP contribution in [-0.4, -0.2) is 60.0 Å². The summed E-state index contributed by atoms with van der Waals surface area (Å²) in [6, 6.07) is 1.84. The molecule has 1 N–H and O–H groups in total. The number of aromatic nitrogens is 2. The average Bonchev–Trinajstić information content (AvgIpc) is 3.32. The number of anilines is 1. The van der Waals surface area contributed by atoms with Gasteiger partial charge in [0, 0.05) is 44.7 Å². The SMILES string of the molecule is CCNC(=O)CN1CCN(c2cc(Cl)nc(C3CC3)n2)CC1. The molecule has 7 heteroatoms. The second-order valence-corrected chi connectivity index (χ2v) is 6.29. The van der Waals surface area contributed by atoms with Gasteiger partial charge in [-0.25, -0.2) is 9.97 Å². The van der Waals surface area contributed by atoms with Gasteiger partial charge in [0.05, 0.1) is 6.54 Å². The maximum absolute atomic E-state index is 11.6. The number of nitrogens with one attached hydrogen (secondary N) is 1. The van der Waals surface area contributed by atoms with Crippen molar-refractivity contribution >= 4 is 23.3 Å². The molecule has 6 nitrogen and oxygen atoms in total. The average molecular weight is 324 g/mol. The number of piperazine rings is 1. The van der Waals surface area contributed by atoms with Crippen LogP contribution >= 0.6 is 11.6 Å². The fourth-order valence-corrected chi connectivity index (χ4v) is 2.88. The highest BCUT2D eigenvalue weighted by Crippen LogP contribution is 2.39. The third-order valence-electron chi connectivity index (χ3n) is 4.08. The summed E-state index contributed by atoms with van der Waals surface area (Å²) in [5.41, 5.74) is 0. The molecular formula is C15H22ClN5O. The summed E-state index contributed by atoms with van der Waals surface area (Å²) < 4.78 is 0. The highest BCUT2D eigenvalue weighted by molar-refractivity contribution is 6.29. The third-order valence-corrected chi connectivity index (χ3v) is 4.27. The van der Waals surface area contributed by atoms with Crippen molar-refractivity contribution in [2.45, 2.75) is 25.7 Å². The van der Waals surface area contributed by atoms with Crippen LogP contribution in [0, 0.1) is 0 Å². The molecule has 1 saturated heterocycles. The van der Waals surface area contributed by atoms with E-state index in [2.05, 4.69) is 25.1 Å². The minimum Gasteiger partial charge on any atom is -0.355 e. The van der Waals surface area contributed by atoms with Crippen molar-refractivity contribution in [1.29, 1.82) is 0 Å². The molecule has 0 unspecified atom stereocenters. The second kappa shape index (κ2) is 6.79. The molecule has 0 spiro atoms. The van der Waals surface area contributed by atoms with E-state index >= 15 is 0 Å². The number of halogens is 1. The lowest BCUT2D eigenvalue weighted by Crippen LogP contribution is -2.49. The Balaban J connectivity index is 1.58. The van der Waals surface area contributed by atoms with Crippen LogP contribution in [0.15, 0.2) is 6.07 Å². The van der Waals surface area contributed by atoms with Crippen molar-refractivity contribution in [3.05, 3.63) is 17.0 Å². The van der Waals surface area contributed by atoms with Gasteiger partial charge in [0.1, 0.15) is 16.8 Å². The number of hydrogen-bond acceptors (Lipinski definition) is 5. The zero-order valence-corrected chi connectivity index (χ0v) is 13.6. The van der Waals surface area contributed by atoms with E-state index in [0.717, 1.165) is 37.8 Å². The van der Waals surface area contributed by atoms with Crippen LogP contribution in [0.3, 0.4) is 0 Å².